The lowest BCUT2D eigenvalue weighted by atomic mass is 10.1. The van der Waals surface area contributed by atoms with Gasteiger partial charge in [0.2, 0.25) is 5.91 Å². The monoisotopic (exact) mass is 265 g/mol. The Balaban J connectivity index is 2.23. The molecule has 1 aromatic carbocycles. The molecule has 0 spiro atoms. The van der Waals surface area contributed by atoms with Crippen molar-refractivity contribution in [1.82, 2.24) is 0 Å². The molecule has 0 aliphatic heterocycles. The third-order valence-corrected chi connectivity index (χ3v) is 3.62. The summed E-state index contributed by atoms with van der Waals surface area (Å²) in [7, 11) is 3.12. The quantitative estimate of drug-likeness (QED) is 0.850. The Morgan fingerprint density at radius 2 is 1.89 bits per heavy atom. The van der Waals surface area contributed by atoms with E-state index in [-0.39, 0.29) is 12.5 Å². The number of methoxy groups -OCH3 is 2. The molecule has 0 unspecified atom stereocenters. The summed E-state index contributed by atoms with van der Waals surface area (Å²) < 4.78 is 10.4. The van der Waals surface area contributed by atoms with Gasteiger partial charge in [-0.15, -0.1) is 0 Å². The minimum absolute atomic E-state index is 0.106. The van der Waals surface area contributed by atoms with Crippen LogP contribution in [0.3, 0.4) is 0 Å². The Bertz CT molecular complexity index is 494. The van der Waals surface area contributed by atoms with Crippen molar-refractivity contribution in [3.8, 4) is 11.5 Å². The van der Waals surface area contributed by atoms with Crippen LogP contribution < -0.4 is 14.8 Å². The summed E-state index contributed by atoms with van der Waals surface area (Å²) in [6.45, 7) is 1.78. The molecule has 0 heterocycles. The van der Waals surface area contributed by atoms with Crippen molar-refractivity contribution in [2.24, 2.45) is 5.41 Å². The average molecular weight is 265 g/mol. The molecule has 0 aromatic heterocycles. The first-order valence-electron chi connectivity index (χ1n) is 6.21. The van der Waals surface area contributed by atoms with E-state index in [1.165, 1.54) is 0 Å². The van der Waals surface area contributed by atoms with Gasteiger partial charge in [-0.3, -0.25) is 4.79 Å². The van der Waals surface area contributed by atoms with Crippen LogP contribution >= 0.6 is 0 Å². The van der Waals surface area contributed by atoms with Gasteiger partial charge in [0.05, 0.1) is 26.2 Å². The van der Waals surface area contributed by atoms with E-state index in [4.69, 9.17) is 9.47 Å². The predicted octanol–water partition coefficient (Wildman–Crippen LogP) is 1.72. The largest absolute Gasteiger partial charge is 0.493 e. The summed E-state index contributed by atoms with van der Waals surface area (Å²) in [5.41, 5.74) is 0.988. The zero-order chi connectivity index (χ0) is 14.0. The van der Waals surface area contributed by atoms with Gasteiger partial charge >= 0.3 is 0 Å². The molecule has 104 valence electrons. The van der Waals surface area contributed by atoms with Crippen LogP contribution in [0.25, 0.3) is 0 Å². The normalized spacial score (nSPS) is 15.8. The summed E-state index contributed by atoms with van der Waals surface area (Å²) in [6.07, 6.45) is 1.48. The van der Waals surface area contributed by atoms with Crippen LogP contribution in [0.4, 0.5) is 5.69 Å². The molecule has 2 rings (SSSR count). The van der Waals surface area contributed by atoms with Crippen molar-refractivity contribution in [3.05, 3.63) is 17.7 Å². The smallest absolute Gasteiger partial charge is 0.232 e. The molecule has 1 fully saturated rings. The molecule has 0 bridgehead atoms. The number of aryl methyl sites for hydroxylation is 1. The number of aliphatic hydroxyl groups excluding tert-OH is 1. The van der Waals surface area contributed by atoms with Crippen molar-refractivity contribution in [2.75, 3.05) is 26.1 Å². The van der Waals surface area contributed by atoms with Gasteiger partial charge in [-0.2, -0.15) is 0 Å². The molecule has 0 atom stereocenters. The SMILES string of the molecule is COc1cc(C)c(NC(=O)C2(CO)CC2)cc1OC. The molecule has 0 radical (unpaired) electrons. The number of hydrogen-bond donors (Lipinski definition) is 2. The van der Waals surface area contributed by atoms with Crippen LogP contribution in [0.1, 0.15) is 18.4 Å². The number of aliphatic hydroxyl groups is 1. The van der Waals surface area contributed by atoms with Gasteiger partial charge in [0.1, 0.15) is 0 Å². The second kappa shape index (κ2) is 5.09. The second-order valence-electron chi connectivity index (χ2n) is 4.91. The van der Waals surface area contributed by atoms with E-state index in [1.807, 2.05) is 13.0 Å². The second-order valence-corrected chi connectivity index (χ2v) is 4.91. The Kier molecular flexibility index (Phi) is 3.66. The zero-order valence-corrected chi connectivity index (χ0v) is 11.4. The van der Waals surface area contributed by atoms with Crippen molar-refractivity contribution < 1.29 is 19.4 Å². The molecular formula is C14H19NO4. The number of nitrogens with one attached hydrogen (secondary N) is 1. The molecule has 2 N–H and O–H groups in total. The number of amides is 1. The molecular weight excluding hydrogens is 246 g/mol. The van der Waals surface area contributed by atoms with Crippen LogP contribution in [0, 0.1) is 12.3 Å². The highest BCUT2D eigenvalue weighted by Gasteiger charge is 2.49. The maximum atomic E-state index is 12.1. The van der Waals surface area contributed by atoms with Gasteiger partial charge in [-0.1, -0.05) is 0 Å². The van der Waals surface area contributed by atoms with Crippen LogP contribution in [0.2, 0.25) is 0 Å². The molecule has 1 amide bonds. The van der Waals surface area contributed by atoms with E-state index in [0.717, 1.165) is 18.4 Å². The lowest BCUT2D eigenvalue weighted by Crippen LogP contribution is -2.27. The zero-order valence-electron chi connectivity index (χ0n) is 11.4. The number of hydrogen-bond acceptors (Lipinski definition) is 4. The van der Waals surface area contributed by atoms with Crippen molar-refractivity contribution in [2.45, 2.75) is 19.8 Å². The summed E-state index contributed by atoms with van der Waals surface area (Å²) in [4.78, 5) is 12.1. The van der Waals surface area contributed by atoms with Gasteiger partial charge in [-0.25, -0.2) is 0 Å². The van der Waals surface area contributed by atoms with E-state index in [2.05, 4.69) is 5.32 Å². The maximum Gasteiger partial charge on any atom is 0.232 e. The van der Waals surface area contributed by atoms with E-state index < -0.39 is 5.41 Å². The Morgan fingerprint density at radius 1 is 1.32 bits per heavy atom. The first-order valence-corrected chi connectivity index (χ1v) is 6.21. The number of ether oxygens (including phenoxy) is 2. The highest BCUT2D eigenvalue weighted by atomic mass is 16.5. The first-order chi connectivity index (χ1) is 9.06. The fourth-order valence-electron chi connectivity index (χ4n) is 1.98. The molecule has 5 heteroatoms. The summed E-state index contributed by atoms with van der Waals surface area (Å²) >= 11 is 0. The number of rotatable bonds is 5. The third-order valence-electron chi connectivity index (χ3n) is 3.62. The maximum absolute atomic E-state index is 12.1. The lowest BCUT2D eigenvalue weighted by Gasteiger charge is -2.16. The predicted molar refractivity (Wildman–Crippen MR) is 71.7 cm³/mol. The Morgan fingerprint density at radius 3 is 2.37 bits per heavy atom. The van der Waals surface area contributed by atoms with Gasteiger partial charge in [0, 0.05) is 11.8 Å². The van der Waals surface area contributed by atoms with Crippen LogP contribution in [0.15, 0.2) is 12.1 Å². The summed E-state index contributed by atoms with van der Waals surface area (Å²) in [6, 6.07) is 3.55. The van der Waals surface area contributed by atoms with E-state index in [0.29, 0.717) is 17.2 Å². The fraction of sp³-hybridized carbons (Fsp3) is 0.500. The lowest BCUT2D eigenvalue weighted by molar-refractivity contribution is -0.122. The van der Waals surface area contributed by atoms with Crippen molar-refractivity contribution >= 4 is 11.6 Å². The molecule has 1 aliphatic carbocycles. The van der Waals surface area contributed by atoms with Gasteiger partial charge in [0.15, 0.2) is 11.5 Å². The fourth-order valence-corrected chi connectivity index (χ4v) is 1.98. The van der Waals surface area contributed by atoms with E-state index in [1.54, 1.807) is 20.3 Å². The topological polar surface area (TPSA) is 67.8 Å². The van der Waals surface area contributed by atoms with Crippen molar-refractivity contribution in [1.29, 1.82) is 0 Å². The number of carbonyl (C=O) groups is 1. The average Bonchev–Trinajstić information content (AvgIpc) is 3.21. The van der Waals surface area contributed by atoms with Gasteiger partial charge in [0.25, 0.3) is 0 Å². The van der Waals surface area contributed by atoms with Gasteiger partial charge in [-0.05, 0) is 31.4 Å². The molecule has 5 nitrogen and oxygen atoms in total. The third kappa shape index (κ3) is 2.51. The first kappa shape index (κ1) is 13.7. The molecule has 1 saturated carbocycles. The van der Waals surface area contributed by atoms with Gasteiger partial charge < -0.3 is 19.9 Å². The van der Waals surface area contributed by atoms with Crippen molar-refractivity contribution in [3.63, 3.8) is 0 Å². The Hall–Kier alpha value is -1.75. The van der Waals surface area contributed by atoms with E-state index >= 15 is 0 Å². The highest BCUT2D eigenvalue weighted by Crippen LogP contribution is 2.46. The minimum Gasteiger partial charge on any atom is -0.493 e. The number of benzene rings is 1. The van der Waals surface area contributed by atoms with Crippen LogP contribution in [-0.4, -0.2) is 31.8 Å². The number of anilines is 1. The summed E-state index contributed by atoms with van der Waals surface area (Å²) in [5, 5.41) is 12.1. The van der Waals surface area contributed by atoms with Crippen LogP contribution in [0.5, 0.6) is 11.5 Å². The summed E-state index contributed by atoms with van der Waals surface area (Å²) in [5.74, 6) is 1.06. The standard InChI is InChI=1S/C14H19NO4/c1-9-6-11(18-2)12(19-3)7-10(9)15-13(17)14(8-16)4-5-14/h6-7,16H,4-5,8H2,1-3H3,(H,15,17). The number of carbonyl (C=O) groups excluding carboxylic acids is 1. The molecule has 1 aromatic rings. The van der Waals surface area contributed by atoms with E-state index in [9.17, 15) is 9.90 Å². The highest BCUT2D eigenvalue weighted by molar-refractivity contribution is 5.98. The molecule has 19 heavy (non-hydrogen) atoms. The molecule has 1 aliphatic rings. The minimum atomic E-state index is -0.584. The molecule has 0 saturated heterocycles. The van der Waals surface area contributed by atoms with Crippen LogP contribution in [-0.2, 0) is 4.79 Å². The Labute approximate surface area is 112 Å².